The van der Waals surface area contributed by atoms with E-state index >= 15 is 0 Å². The van der Waals surface area contributed by atoms with E-state index in [9.17, 15) is 4.79 Å². The van der Waals surface area contributed by atoms with E-state index in [1.807, 2.05) is 17.8 Å². The molecular formula is C20H21ClN3O+. The zero-order valence-electron chi connectivity index (χ0n) is 14.6. The number of nitrogens with zero attached hydrogens (tertiary/aromatic N) is 2. The van der Waals surface area contributed by atoms with Gasteiger partial charge in [0.25, 0.3) is 0 Å². The molecule has 0 radical (unpaired) electrons. The smallest absolute Gasteiger partial charge is 0.291 e. The molecule has 25 heavy (non-hydrogen) atoms. The first-order valence-electron chi connectivity index (χ1n) is 8.08. The summed E-state index contributed by atoms with van der Waals surface area (Å²) in [5.41, 5.74) is 11.4. The number of Topliss-reactive ketones (excluding diaryl/α,β-unsaturated/α-hetero) is 1. The number of nitrogens with two attached hydrogens (primary N) is 1. The molecule has 0 atom stereocenters. The van der Waals surface area contributed by atoms with E-state index in [1.165, 1.54) is 11.1 Å². The minimum atomic E-state index is -0.00870. The van der Waals surface area contributed by atoms with Crippen LogP contribution in [0.1, 0.15) is 21.5 Å². The molecule has 0 fully saturated rings. The number of rotatable bonds is 4. The molecule has 3 rings (SSSR count). The Morgan fingerprint density at radius 1 is 1.12 bits per heavy atom. The van der Waals surface area contributed by atoms with Crippen molar-refractivity contribution in [3.8, 4) is 11.3 Å². The summed E-state index contributed by atoms with van der Waals surface area (Å²) in [6.45, 7) is 4.36. The number of aryl methyl sites for hydroxylation is 2. The van der Waals surface area contributed by atoms with Crippen LogP contribution in [-0.4, -0.2) is 10.4 Å². The molecule has 0 amide bonds. The molecule has 0 spiro atoms. The lowest BCUT2D eigenvalue weighted by atomic mass is 10.0. The van der Waals surface area contributed by atoms with E-state index in [-0.39, 0.29) is 12.3 Å². The Labute approximate surface area is 152 Å². The summed E-state index contributed by atoms with van der Waals surface area (Å²) < 4.78 is 3.68. The first kappa shape index (κ1) is 17.2. The SMILES string of the molecule is Cc1ccc(-c2c[n+](CC(=O)c3ccc(Cl)cc3)c(N)n2C)cc1C. The highest BCUT2D eigenvalue weighted by atomic mass is 35.5. The van der Waals surface area contributed by atoms with Gasteiger partial charge in [-0.25, -0.2) is 9.13 Å². The van der Waals surface area contributed by atoms with Crippen molar-refractivity contribution in [3.05, 3.63) is 70.4 Å². The molecule has 5 heteroatoms. The minimum absolute atomic E-state index is 0.00870. The molecule has 0 aliphatic heterocycles. The maximum absolute atomic E-state index is 12.5. The molecule has 0 aliphatic rings. The molecule has 0 aliphatic carbocycles. The van der Waals surface area contributed by atoms with Gasteiger partial charge in [0, 0.05) is 16.1 Å². The maximum Gasteiger partial charge on any atom is 0.355 e. The number of imidazole rings is 1. The van der Waals surface area contributed by atoms with Crippen LogP contribution in [0.5, 0.6) is 0 Å². The van der Waals surface area contributed by atoms with Gasteiger partial charge in [0.15, 0.2) is 5.78 Å². The first-order valence-corrected chi connectivity index (χ1v) is 8.45. The van der Waals surface area contributed by atoms with Gasteiger partial charge >= 0.3 is 5.95 Å². The summed E-state index contributed by atoms with van der Waals surface area (Å²) in [7, 11) is 1.91. The van der Waals surface area contributed by atoms with Gasteiger partial charge in [0.1, 0.15) is 18.4 Å². The lowest BCUT2D eigenvalue weighted by molar-refractivity contribution is -0.667. The number of nitrogen functional groups attached to an aromatic ring is 1. The van der Waals surface area contributed by atoms with E-state index < -0.39 is 0 Å². The Kier molecular flexibility index (Phi) is 4.64. The number of ketones is 1. The summed E-state index contributed by atoms with van der Waals surface area (Å²) >= 11 is 5.88. The minimum Gasteiger partial charge on any atom is -0.291 e. The predicted octanol–water partition coefficient (Wildman–Crippen LogP) is 3.71. The average Bonchev–Trinajstić information content (AvgIpc) is 2.86. The fourth-order valence-corrected chi connectivity index (χ4v) is 2.92. The molecule has 0 saturated heterocycles. The Bertz CT molecular complexity index is 942. The van der Waals surface area contributed by atoms with Crippen LogP contribution in [0.4, 0.5) is 5.95 Å². The third-order valence-electron chi connectivity index (χ3n) is 4.56. The van der Waals surface area contributed by atoms with Crippen LogP contribution in [-0.2, 0) is 13.6 Å². The summed E-state index contributed by atoms with van der Waals surface area (Å²) in [5, 5.41) is 0.612. The van der Waals surface area contributed by atoms with E-state index in [1.54, 1.807) is 28.8 Å². The molecule has 0 saturated carbocycles. The highest BCUT2D eigenvalue weighted by Crippen LogP contribution is 2.22. The number of halogens is 1. The summed E-state index contributed by atoms with van der Waals surface area (Å²) in [6, 6.07) is 13.2. The van der Waals surface area contributed by atoms with Crippen LogP contribution in [0.2, 0.25) is 5.02 Å². The van der Waals surface area contributed by atoms with Gasteiger partial charge in [0.05, 0.1) is 7.05 Å². The van der Waals surface area contributed by atoms with Gasteiger partial charge in [-0.05, 0) is 55.3 Å². The molecule has 2 aromatic carbocycles. The van der Waals surface area contributed by atoms with Crippen LogP contribution >= 0.6 is 11.6 Å². The lowest BCUT2D eigenvalue weighted by Gasteiger charge is -2.03. The van der Waals surface area contributed by atoms with Gasteiger partial charge in [-0.15, -0.1) is 0 Å². The van der Waals surface area contributed by atoms with Gasteiger partial charge in [-0.3, -0.25) is 10.5 Å². The Morgan fingerprint density at radius 3 is 2.44 bits per heavy atom. The van der Waals surface area contributed by atoms with Crippen molar-refractivity contribution in [2.45, 2.75) is 20.4 Å². The molecular weight excluding hydrogens is 334 g/mol. The summed E-state index contributed by atoms with van der Waals surface area (Å²) in [6.07, 6.45) is 1.92. The monoisotopic (exact) mass is 354 g/mol. The van der Waals surface area contributed by atoms with Crippen molar-refractivity contribution >= 4 is 23.3 Å². The molecule has 1 heterocycles. The third kappa shape index (κ3) is 3.44. The first-order chi connectivity index (χ1) is 11.9. The highest BCUT2D eigenvalue weighted by molar-refractivity contribution is 6.30. The lowest BCUT2D eigenvalue weighted by Crippen LogP contribution is -2.39. The zero-order valence-corrected chi connectivity index (χ0v) is 15.3. The molecule has 3 aromatic rings. The quantitative estimate of drug-likeness (QED) is 0.573. The number of aromatic nitrogens is 2. The largest absolute Gasteiger partial charge is 0.355 e. The van der Waals surface area contributed by atoms with Gasteiger partial charge < -0.3 is 0 Å². The van der Waals surface area contributed by atoms with Crippen LogP contribution < -0.4 is 10.3 Å². The van der Waals surface area contributed by atoms with Gasteiger partial charge in [0.2, 0.25) is 0 Å². The zero-order chi connectivity index (χ0) is 18.1. The third-order valence-corrected chi connectivity index (χ3v) is 4.81. The van der Waals surface area contributed by atoms with Crippen molar-refractivity contribution in [1.29, 1.82) is 0 Å². The predicted molar refractivity (Wildman–Crippen MR) is 101 cm³/mol. The van der Waals surface area contributed by atoms with Gasteiger partial charge in [-0.1, -0.05) is 23.7 Å². The number of hydrogen-bond donors (Lipinski definition) is 1. The fraction of sp³-hybridized carbons (Fsp3) is 0.200. The molecule has 128 valence electrons. The summed E-state index contributed by atoms with van der Waals surface area (Å²) in [5.74, 6) is 0.529. The second-order valence-electron chi connectivity index (χ2n) is 6.29. The highest BCUT2D eigenvalue weighted by Gasteiger charge is 2.20. The molecule has 0 bridgehead atoms. The van der Waals surface area contributed by atoms with E-state index in [2.05, 4.69) is 32.0 Å². The Morgan fingerprint density at radius 2 is 1.80 bits per heavy atom. The molecule has 2 N–H and O–H groups in total. The number of anilines is 1. The fourth-order valence-electron chi connectivity index (χ4n) is 2.79. The molecule has 1 aromatic heterocycles. The van der Waals surface area contributed by atoms with Crippen molar-refractivity contribution in [1.82, 2.24) is 4.57 Å². The van der Waals surface area contributed by atoms with Gasteiger partial charge in [-0.2, -0.15) is 0 Å². The number of carbonyl (C=O) groups excluding carboxylic acids is 1. The van der Waals surface area contributed by atoms with E-state index in [0.717, 1.165) is 11.3 Å². The van der Waals surface area contributed by atoms with Crippen LogP contribution in [0.3, 0.4) is 0 Å². The molecule has 0 unspecified atom stereocenters. The van der Waals surface area contributed by atoms with Crippen LogP contribution in [0.25, 0.3) is 11.3 Å². The van der Waals surface area contributed by atoms with Crippen LogP contribution in [0.15, 0.2) is 48.7 Å². The van der Waals surface area contributed by atoms with Crippen molar-refractivity contribution in [3.63, 3.8) is 0 Å². The normalized spacial score (nSPS) is 10.9. The van der Waals surface area contributed by atoms with Crippen molar-refractivity contribution < 1.29 is 9.36 Å². The summed E-state index contributed by atoms with van der Waals surface area (Å²) in [4.78, 5) is 12.5. The maximum atomic E-state index is 12.5. The van der Waals surface area contributed by atoms with Crippen molar-refractivity contribution in [2.24, 2.45) is 7.05 Å². The standard InChI is InChI=1S/C20H20ClN3O/c1-13-4-5-16(10-14(13)2)18-11-24(20(22)23(18)3)12-19(25)15-6-8-17(21)9-7-15/h4-11,22H,12H2,1-3H3/p+1. The Balaban J connectivity index is 1.92. The van der Waals surface area contributed by atoms with E-state index in [4.69, 9.17) is 17.3 Å². The average molecular weight is 355 g/mol. The Hall–Kier alpha value is -2.59. The number of benzene rings is 2. The van der Waals surface area contributed by atoms with E-state index in [0.29, 0.717) is 16.5 Å². The topological polar surface area (TPSA) is 51.9 Å². The second kappa shape index (κ2) is 6.73. The number of hydrogen-bond acceptors (Lipinski definition) is 2. The molecule has 4 nitrogen and oxygen atoms in total. The van der Waals surface area contributed by atoms with Crippen LogP contribution in [0, 0.1) is 13.8 Å². The second-order valence-corrected chi connectivity index (χ2v) is 6.73. The van der Waals surface area contributed by atoms with Crippen molar-refractivity contribution in [2.75, 3.05) is 5.73 Å². The number of carbonyl (C=O) groups is 1.